The number of carbonyl (C=O) groups is 1. The number of amides is 1. The molecule has 1 aromatic carbocycles. The van der Waals surface area contributed by atoms with Crippen molar-refractivity contribution in [2.45, 2.75) is 43.7 Å². The van der Waals surface area contributed by atoms with Gasteiger partial charge in [-0.1, -0.05) is 23.7 Å². The van der Waals surface area contributed by atoms with Gasteiger partial charge < -0.3 is 10.0 Å². The van der Waals surface area contributed by atoms with Crippen LogP contribution in [0.3, 0.4) is 0 Å². The molecule has 3 aliphatic rings. The molecule has 2 saturated carbocycles. The van der Waals surface area contributed by atoms with Crippen LogP contribution in [-0.4, -0.2) is 59.1 Å². The molecule has 0 aromatic heterocycles. The number of hydrogen-bond donors (Lipinski definition) is 1. The molecule has 0 spiro atoms. The predicted molar refractivity (Wildman–Crippen MR) is 94.1 cm³/mol. The second-order valence-corrected chi connectivity index (χ2v) is 7.87. The lowest BCUT2D eigenvalue weighted by molar-refractivity contribution is -0.135. The zero-order valence-corrected chi connectivity index (χ0v) is 14.7. The molecule has 1 aliphatic heterocycles. The molecule has 4 nitrogen and oxygen atoms in total. The third kappa shape index (κ3) is 3.19. The van der Waals surface area contributed by atoms with Crippen LogP contribution >= 0.6 is 11.6 Å². The van der Waals surface area contributed by atoms with Crippen molar-refractivity contribution in [3.63, 3.8) is 0 Å². The van der Waals surface area contributed by atoms with Crippen LogP contribution in [-0.2, 0) is 4.79 Å². The Bertz CT molecular complexity index is 615. The fourth-order valence-electron chi connectivity index (χ4n) is 4.43. The van der Waals surface area contributed by atoms with Crippen molar-refractivity contribution in [3.8, 4) is 0 Å². The molecule has 5 heteroatoms. The van der Waals surface area contributed by atoms with Crippen LogP contribution in [0.2, 0.25) is 5.02 Å². The summed E-state index contributed by atoms with van der Waals surface area (Å²) in [7, 11) is 0. The quantitative estimate of drug-likeness (QED) is 0.912. The summed E-state index contributed by atoms with van der Waals surface area (Å²) in [6.45, 7) is 3.37. The molecule has 1 aromatic rings. The Morgan fingerprint density at radius 1 is 1.17 bits per heavy atom. The van der Waals surface area contributed by atoms with Crippen LogP contribution in [0.5, 0.6) is 0 Å². The third-order valence-corrected chi connectivity index (χ3v) is 6.16. The molecule has 2 aliphatic carbocycles. The van der Waals surface area contributed by atoms with Crippen LogP contribution in [0, 0.1) is 5.92 Å². The molecule has 0 bridgehead atoms. The van der Waals surface area contributed by atoms with E-state index in [4.69, 9.17) is 11.6 Å². The average Bonchev–Trinajstić information content (AvgIpc) is 3.29. The van der Waals surface area contributed by atoms with Crippen molar-refractivity contribution in [1.29, 1.82) is 0 Å². The Balaban J connectivity index is 1.31. The molecule has 4 rings (SSSR count). The van der Waals surface area contributed by atoms with E-state index >= 15 is 0 Å². The van der Waals surface area contributed by atoms with E-state index in [1.807, 2.05) is 23.1 Å². The molecule has 24 heavy (non-hydrogen) atoms. The monoisotopic (exact) mass is 348 g/mol. The van der Waals surface area contributed by atoms with Crippen LogP contribution in [0.15, 0.2) is 24.3 Å². The molecule has 130 valence electrons. The zero-order chi connectivity index (χ0) is 16.7. The summed E-state index contributed by atoms with van der Waals surface area (Å²) in [5, 5.41) is 10.8. The SMILES string of the molecule is O=C([C@@H]1C[C@@H]1c1cccc(Cl)c1)N1CCN([C@@H]2CCC[C@@H]2O)CC1. The number of halogens is 1. The second kappa shape index (κ2) is 6.66. The molecule has 1 amide bonds. The lowest BCUT2D eigenvalue weighted by atomic mass is 10.1. The molecule has 0 radical (unpaired) electrons. The van der Waals surface area contributed by atoms with Crippen LogP contribution in [0.4, 0.5) is 0 Å². The van der Waals surface area contributed by atoms with Gasteiger partial charge in [0.25, 0.3) is 0 Å². The molecule has 0 unspecified atom stereocenters. The normalized spacial score (nSPS) is 33.7. The van der Waals surface area contributed by atoms with Gasteiger partial charge in [-0.2, -0.15) is 0 Å². The van der Waals surface area contributed by atoms with Gasteiger partial charge in [0, 0.05) is 43.2 Å². The van der Waals surface area contributed by atoms with Gasteiger partial charge in [-0.25, -0.2) is 0 Å². The molecule has 1 saturated heterocycles. The summed E-state index contributed by atoms with van der Waals surface area (Å²) in [4.78, 5) is 17.1. The van der Waals surface area contributed by atoms with Crippen molar-refractivity contribution in [2.24, 2.45) is 5.92 Å². The van der Waals surface area contributed by atoms with Crippen molar-refractivity contribution in [2.75, 3.05) is 26.2 Å². The minimum atomic E-state index is -0.178. The van der Waals surface area contributed by atoms with Crippen LogP contribution in [0.25, 0.3) is 0 Å². The molecular formula is C19H25ClN2O2. The number of benzene rings is 1. The fourth-order valence-corrected chi connectivity index (χ4v) is 4.63. The Morgan fingerprint density at radius 2 is 1.96 bits per heavy atom. The van der Waals surface area contributed by atoms with Crippen LogP contribution in [0.1, 0.15) is 37.2 Å². The summed E-state index contributed by atoms with van der Waals surface area (Å²) in [5.41, 5.74) is 1.19. The first-order chi connectivity index (χ1) is 11.6. The molecule has 3 fully saturated rings. The number of hydrogen-bond acceptors (Lipinski definition) is 3. The standard InChI is InChI=1S/C19H25ClN2O2/c20-14-4-1-3-13(11-14)15-12-16(15)19(24)22-9-7-21(8-10-22)17-5-2-6-18(17)23/h1,3-4,11,15-18,23H,2,5-10,12H2/t15-,16-,17-,18+/m1/s1. The minimum Gasteiger partial charge on any atom is -0.391 e. The van der Waals surface area contributed by atoms with Gasteiger partial charge in [0.05, 0.1) is 6.10 Å². The molecule has 1 heterocycles. The lowest BCUT2D eigenvalue weighted by Crippen LogP contribution is -2.54. The smallest absolute Gasteiger partial charge is 0.226 e. The maximum Gasteiger partial charge on any atom is 0.226 e. The highest BCUT2D eigenvalue weighted by molar-refractivity contribution is 6.30. The molecule has 1 N–H and O–H groups in total. The summed E-state index contributed by atoms with van der Waals surface area (Å²) in [5.74, 6) is 0.768. The van der Waals surface area contributed by atoms with E-state index in [0.717, 1.165) is 56.9 Å². The second-order valence-electron chi connectivity index (χ2n) is 7.43. The average molecular weight is 349 g/mol. The zero-order valence-electron chi connectivity index (χ0n) is 13.9. The van der Waals surface area contributed by atoms with E-state index in [2.05, 4.69) is 11.0 Å². The van der Waals surface area contributed by atoms with Gasteiger partial charge in [0.2, 0.25) is 5.91 Å². The first-order valence-electron chi connectivity index (χ1n) is 9.10. The van der Waals surface area contributed by atoms with Crippen LogP contribution < -0.4 is 0 Å². The highest BCUT2D eigenvalue weighted by Crippen LogP contribution is 2.49. The van der Waals surface area contributed by atoms with Gasteiger partial charge in [0.1, 0.15) is 0 Å². The summed E-state index contributed by atoms with van der Waals surface area (Å²) in [6, 6.07) is 8.20. The summed E-state index contributed by atoms with van der Waals surface area (Å²) in [6.07, 6.45) is 3.90. The van der Waals surface area contributed by atoms with Gasteiger partial charge in [0.15, 0.2) is 0 Å². The Hall–Kier alpha value is -1.10. The Labute approximate surface area is 148 Å². The predicted octanol–water partition coefficient (Wildman–Crippen LogP) is 2.50. The Kier molecular flexibility index (Phi) is 4.54. The van der Waals surface area contributed by atoms with E-state index < -0.39 is 0 Å². The third-order valence-electron chi connectivity index (χ3n) is 5.92. The summed E-state index contributed by atoms with van der Waals surface area (Å²) >= 11 is 6.06. The number of piperazine rings is 1. The van der Waals surface area contributed by atoms with Gasteiger partial charge in [-0.3, -0.25) is 9.69 Å². The fraction of sp³-hybridized carbons (Fsp3) is 0.632. The van der Waals surface area contributed by atoms with Gasteiger partial charge in [-0.15, -0.1) is 0 Å². The largest absolute Gasteiger partial charge is 0.391 e. The maximum atomic E-state index is 12.7. The molecule has 4 atom stereocenters. The Morgan fingerprint density at radius 3 is 2.62 bits per heavy atom. The topological polar surface area (TPSA) is 43.8 Å². The van der Waals surface area contributed by atoms with Crippen molar-refractivity contribution < 1.29 is 9.90 Å². The van der Waals surface area contributed by atoms with Crippen molar-refractivity contribution in [3.05, 3.63) is 34.9 Å². The lowest BCUT2D eigenvalue weighted by Gasteiger charge is -2.39. The first kappa shape index (κ1) is 16.4. The number of aliphatic hydroxyl groups excluding tert-OH is 1. The van der Waals surface area contributed by atoms with E-state index in [-0.39, 0.29) is 12.0 Å². The van der Waals surface area contributed by atoms with Crippen molar-refractivity contribution in [1.82, 2.24) is 9.80 Å². The van der Waals surface area contributed by atoms with Gasteiger partial charge >= 0.3 is 0 Å². The van der Waals surface area contributed by atoms with E-state index in [0.29, 0.717) is 17.9 Å². The maximum absolute atomic E-state index is 12.7. The number of aliphatic hydroxyl groups is 1. The van der Waals surface area contributed by atoms with Gasteiger partial charge in [-0.05, 0) is 49.3 Å². The first-order valence-corrected chi connectivity index (χ1v) is 9.47. The van der Waals surface area contributed by atoms with E-state index in [9.17, 15) is 9.90 Å². The highest BCUT2D eigenvalue weighted by Gasteiger charge is 2.46. The minimum absolute atomic E-state index is 0.132. The number of nitrogens with zero attached hydrogens (tertiary/aromatic N) is 2. The molecular weight excluding hydrogens is 324 g/mol. The van der Waals surface area contributed by atoms with E-state index in [1.165, 1.54) is 5.56 Å². The van der Waals surface area contributed by atoms with E-state index in [1.54, 1.807) is 0 Å². The van der Waals surface area contributed by atoms with Crippen molar-refractivity contribution >= 4 is 17.5 Å². The highest BCUT2D eigenvalue weighted by atomic mass is 35.5. The summed E-state index contributed by atoms with van der Waals surface area (Å²) < 4.78 is 0. The number of rotatable bonds is 3. The number of carbonyl (C=O) groups excluding carboxylic acids is 1.